The Kier molecular flexibility index (Phi) is 7.89. The number of carbonyl (C=O) groups excluding carboxylic acids is 2. The van der Waals surface area contributed by atoms with Crippen molar-refractivity contribution < 1.29 is 29.0 Å². The highest BCUT2D eigenvalue weighted by Gasteiger charge is 2.22. The number of methoxy groups -OCH3 is 1. The van der Waals surface area contributed by atoms with Crippen molar-refractivity contribution in [2.24, 2.45) is 0 Å². The number of halogens is 1. The Morgan fingerprint density at radius 3 is 2.45 bits per heavy atom. The van der Waals surface area contributed by atoms with E-state index in [4.69, 9.17) is 21.1 Å². The van der Waals surface area contributed by atoms with Gasteiger partial charge in [0.25, 0.3) is 11.0 Å². The molecule has 0 atom stereocenters. The number of rotatable bonds is 10. The van der Waals surface area contributed by atoms with Crippen LogP contribution in [-0.2, 0) is 20.8 Å². The topological polar surface area (TPSA) is 110 Å². The van der Waals surface area contributed by atoms with Gasteiger partial charge in [-0.05, 0) is 67.8 Å². The quantitative estimate of drug-likeness (QED) is 0.185. The number of hydrogen-bond acceptors (Lipinski definition) is 7. The summed E-state index contributed by atoms with van der Waals surface area (Å²) in [4.78, 5) is 40.1. The molecule has 9 nitrogen and oxygen atoms in total. The van der Waals surface area contributed by atoms with Gasteiger partial charge in [0.1, 0.15) is 5.75 Å². The van der Waals surface area contributed by atoms with E-state index in [-0.39, 0.29) is 25.5 Å². The van der Waals surface area contributed by atoms with Crippen molar-refractivity contribution in [1.82, 2.24) is 4.57 Å². The molecule has 0 N–H and O–H groups in total. The summed E-state index contributed by atoms with van der Waals surface area (Å²) in [7, 11) is 1.54. The largest absolute Gasteiger partial charge is 0.497 e. The van der Waals surface area contributed by atoms with Crippen molar-refractivity contribution in [3.63, 3.8) is 0 Å². The highest BCUT2D eigenvalue weighted by Crippen LogP contribution is 2.31. The van der Waals surface area contributed by atoms with Gasteiger partial charge >= 0.3 is 5.97 Å². The molecule has 1 aromatic heterocycles. The first-order chi connectivity index (χ1) is 15.8. The zero-order chi connectivity index (χ0) is 24.0. The fourth-order valence-corrected chi connectivity index (χ4v) is 3.65. The monoisotopic (exact) mass is 474 g/mol. The van der Waals surface area contributed by atoms with Gasteiger partial charge in [0.2, 0.25) is 0 Å². The van der Waals surface area contributed by atoms with Crippen LogP contribution < -0.4 is 4.74 Å². The molecule has 0 saturated heterocycles. The van der Waals surface area contributed by atoms with Crippen molar-refractivity contribution >= 4 is 34.4 Å². The Balaban J connectivity index is 1.83. The average Bonchev–Trinajstić information content (AvgIpc) is 3.06. The molecule has 3 rings (SSSR count). The summed E-state index contributed by atoms with van der Waals surface area (Å²) in [5, 5.41) is 10.5. The van der Waals surface area contributed by atoms with Gasteiger partial charge in [-0.15, -0.1) is 10.1 Å². The maximum atomic E-state index is 13.3. The summed E-state index contributed by atoms with van der Waals surface area (Å²) in [6.45, 7) is 1.84. The number of fused-ring (bicyclic) bond motifs is 1. The van der Waals surface area contributed by atoms with E-state index in [0.717, 1.165) is 0 Å². The fraction of sp³-hybridized carbons (Fsp3) is 0.304. The fourth-order valence-electron chi connectivity index (χ4n) is 3.52. The van der Waals surface area contributed by atoms with Crippen LogP contribution in [0.3, 0.4) is 0 Å². The molecule has 0 amide bonds. The van der Waals surface area contributed by atoms with Gasteiger partial charge in [-0.25, -0.2) is 0 Å². The maximum Gasteiger partial charge on any atom is 0.310 e. The zero-order valence-electron chi connectivity index (χ0n) is 18.2. The second-order valence-corrected chi connectivity index (χ2v) is 7.69. The molecule has 1 heterocycles. The minimum absolute atomic E-state index is 0.0399. The van der Waals surface area contributed by atoms with Gasteiger partial charge in [0.05, 0.1) is 32.3 Å². The number of ether oxygens (including phenoxy) is 2. The lowest BCUT2D eigenvalue weighted by molar-refractivity contribution is -0.757. The number of esters is 1. The van der Waals surface area contributed by atoms with Crippen LogP contribution in [0.5, 0.6) is 5.75 Å². The van der Waals surface area contributed by atoms with Crippen molar-refractivity contribution in [2.45, 2.75) is 26.2 Å². The third kappa shape index (κ3) is 5.81. The molecule has 2 aromatic carbocycles. The first-order valence-corrected chi connectivity index (χ1v) is 10.6. The Morgan fingerprint density at radius 2 is 1.79 bits per heavy atom. The van der Waals surface area contributed by atoms with Crippen LogP contribution in [0.1, 0.15) is 34.5 Å². The number of aromatic nitrogens is 1. The highest BCUT2D eigenvalue weighted by molar-refractivity contribution is 6.30. The maximum absolute atomic E-state index is 13.3. The van der Waals surface area contributed by atoms with Crippen molar-refractivity contribution in [2.75, 3.05) is 20.3 Å². The summed E-state index contributed by atoms with van der Waals surface area (Å²) in [5.74, 6) is -0.113. The van der Waals surface area contributed by atoms with E-state index < -0.39 is 11.1 Å². The summed E-state index contributed by atoms with van der Waals surface area (Å²) in [5.41, 5.74) is 2.39. The number of unbranched alkanes of at least 4 members (excludes halogenated alkanes) is 1. The van der Waals surface area contributed by atoms with Crippen molar-refractivity contribution in [3.8, 4) is 5.75 Å². The Labute approximate surface area is 194 Å². The molecule has 0 bridgehead atoms. The number of hydrogen-bond donors (Lipinski definition) is 0. The molecular weight excluding hydrogens is 452 g/mol. The number of nitrogens with zero attached hydrogens (tertiary/aromatic N) is 2. The Hall–Kier alpha value is -3.59. The van der Waals surface area contributed by atoms with Gasteiger partial charge in [-0.1, -0.05) is 11.6 Å². The zero-order valence-corrected chi connectivity index (χ0v) is 19.0. The molecule has 0 radical (unpaired) electrons. The minimum atomic E-state index is -0.857. The lowest BCUT2D eigenvalue weighted by atomic mass is 10.1. The molecule has 0 unspecified atom stereocenters. The van der Waals surface area contributed by atoms with Gasteiger partial charge in [-0.3, -0.25) is 14.2 Å². The van der Waals surface area contributed by atoms with Crippen LogP contribution in [0.25, 0.3) is 10.9 Å². The highest BCUT2D eigenvalue weighted by atomic mass is 35.5. The first kappa shape index (κ1) is 24.1. The lowest BCUT2D eigenvalue weighted by Crippen LogP contribution is -2.15. The van der Waals surface area contributed by atoms with Crippen molar-refractivity contribution in [3.05, 3.63) is 74.4 Å². The van der Waals surface area contributed by atoms with Gasteiger partial charge in [-0.2, -0.15) is 0 Å². The molecule has 3 aromatic rings. The van der Waals surface area contributed by atoms with Crippen LogP contribution >= 0.6 is 11.6 Å². The van der Waals surface area contributed by atoms with E-state index in [1.54, 1.807) is 61.1 Å². The molecule has 0 aliphatic heterocycles. The molecule has 0 saturated carbocycles. The molecule has 10 heteroatoms. The number of carbonyl (C=O) groups is 2. The minimum Gasteiger partial charge on any atom is -0.497 e. The van der Waals surface area contributed by atoms with Crippen LogP contribution in [0.15, 0.2) is 42.5 Å². The summed E-state index contributed by atoms with van der Waals surface area (Å²) < 4.78 is 12.2. The summed E-state index contributed by atoms with van der Waals surface area (Å²) in [6.07, 6.45) is 0.782. The molecule has 0 aliphatic rings. The van der Waals surface area contributed by atoms with Crippen LogP contribution in [0.2, 0.25) is 5.02 Å². The van der Waals surface area contributed by atoms with Crippen LogP contribution in [0.4, 0.5) is 0 Å². The molecule has 0 spiro atoms. The van der Waals surface area contributed by atoms with E-state index in [2.05, 4.69) is 4.84 Å². The van der Waals surface area contributed by atoms with E-state index >= 15 is 0 Å². The normalized spacial score (nSPS) is 10.8. The molecule has 0 fully saturated rings. The SMILES string of the molecule is COc1ccc2c(c1)c(CC(=O)OCCCCO[N+](=O)[O-])c(C)n2C(=O)c1ccc(Cl)cc1. The molecule has 33 heavy (non-hydrogen) atoms. The molecule has 0 aliphatic carbocycles. The third-order valence-electron chi connectivity index (χ3n) is 5.16. The third-order valence-corrected chi connectivity index (χ3v) is 5.41. The summed E-state index contributed by atoms with van der Waals surface area (Å²) in [6, 6.07) is 11.9. The van der Waals surface area contributed by atoms with Gasteiger partial charge in [0.15, 0.2) is 0 Å². The summed E-state index contributed by atoms with van der Waals surface area (Å²) >= 11 is 5.95. The first-order valence-electron chi connectivity index (χ1n) is 10.2. The van der Waals surface area contributed by atoms with Crippen molar-refractivity contribution in [1.29, 1.82) is 0 Å². The van der Waals surface area contributed by atoms with E-state index in [1.807, 2.05) is 0 Å². The van der Waals surface area contributed by atoms with Crippen LogP contribution in [-0.4, -0.2) is 41.9 Å². The van der Waals surface area contributed by atoms with Gasteiger partial charge < -0.3 is 14.3 Å². The Bertz CT molecular complexity index is 1170. The molecule has 174 valence electrons. The standard InChI is InChI=1S/C23H23ClN2O7/c1-15-19(14-22(27)32-11-3-4-12-33-26(29)30)20-13-18(31-2)9-10-21(20)25(15)23(28)16-5-7-17(24)8-6-16/h5-10,13H,3-4,11-12,14H2,1-2H3. The van der Waals surface area contributed by atoms with Crippen LogP contribution in [0, 0.1) is 17.0 Å². The van der Waals surface area contributed by atoms with E-state index in [9.17, 15) is 19.7 Å². The second kappa shape index (κ2) is 10.8. The Morgan fingerprint density at radius 1 is 1.09 bits per heavy atom. The molecular formula is C23H23ClN2O7. The van der Waals surface area contributed by atoms with Gasteiger partial charge in [0, 0.05) is 21.7 Å². The lowest BCUT2D eigenvalue weighted by Gasteiger charge is -2.08. The predicted octanol–water partition coefficient (Wildman–Crippen LogP) is 4.37. The van der Waals surface area contributed by atoms with E-state index in [0.29, 0.717) is 51.3 Å². The number of benzene rings is 2. The average molecular weight is 475 g/mol. The van der Waals surface area contributed by atoms with E-state index in [1.165, 1.54) is 0 Å². The predicted molar refractivity (Wildman–Crippen MR) is 121 cm³/mol. The second-order valence-electron chi connectivity index (χ2n) is 7.26. The smallest absolute Gasteiger partial charge is 0.310 e.